The maximum Gasteiger partial charge on any atom is 0.167 e. The van der Waals surface area contributed by atoms with Crippen molar-refractivity contribution in [3.05, 3.63) is 59.4 Å². The third-order valence-electron chi connectivity index (χ3n) is 2.62. The molecular formula is C14H14FNO2. The number of halogens is 1. The van der Waals surface area contributed by atoms with Gasteiger partial charge >= 0.3 is 0 Å². The lowest BCUT2D eigenvalue weighted by Gasteiger charge is -2.13. The van der Waals surface area contributed by atoms with Crippen LogP contribution in [0.3, 0.4) is 0 Å². The first-order chi connectivity index (χ1) is 8.76. The topological polar surface area (TPSA) is 55.5 Å². The molecule has 0 radical (unpaired) electrons. The SMILES string of the molecule is NCc1cccc(F)c1Oc1ccccc1CO. The molecule has 0 aliphatic heterocycles. The molecule has 2 rings (SSSR count). The molecule has 0 atom stereocenters. The summed E-state index contributed by atoms with van der Waals surface area (Å²) in [6.07, 6.45) is 0. The van der Waals surface area contributed by atoms with E-state index in [1.165, 1.54) is 6.07 Å². The van der Waals surface area contributed by atoms with Crippen LogP contribution in [0.4, 0.5) is 4.39 Å². The van der Waals surface area contributed by atoms with Crippen LogP contribution < -0.4 is 10.5 Å². The molecule has 0 aliphatic carbocycles. The smallest absolute Gasteiger partial charge is 0.167 e. The van der Waals surface area contributed by atoms with Crippen LogP contribution in [-0.2, 0) is 13.2 Å². The molecule has 3 N–H and O–H groups in total. The van der Waals surface area contributed by atoms with E-state index in [9.17, 15) is 9.50 Å². The summed E-state index contributed by atoms with van der Waals surface area (Å²) in [5, 5.41) is 9.19. The number of hydrogen-bond donors (Lipinski definition) is 2. The Bertz CT molecular complexity index is 543. The first-order valence-corrected chi connectivity index (χ1v) is 5.60. The zero-order chi connectivity index (χ0) is 13.0. The Hall–Kier alpha value is -1.91. The van der Waals surface area contributed by atoms with Crippen LogP contribution in [0.15, 0.2) is 42.5 Å². The highest BCUT2D eigenvalue weighted by atomic mass is 19.1. The molecule has 0 aliphatic rings. The summed E-state index contributed by atoms with van der Waals surface area (Å²) < 4.78 is 19.3. The number of rotatable bonds is 4. The van der Waals surface area contributed by atoms with E-state index in [1.807, 2.05) is 0 Å². The van der Waals surface area contributed by atoms with E-state index >= 15 is 0 Å². The molecule has 0 bridgehead atoms. The molecule has 0 saturated heterocycles. The maximum atomic E-state index is 13.7. The average molecular weight is 247 g/mol. The normalized spacial score (nSPS) is 10.4. The molecule has 0 heterocycles. The Balaban J connectivity index is 2.39. The summed E-state index contributed by atoms with van der Waals surface area (Å²) in [6.45, 7) is 0.0248. The molecule has 0 aromatic heterocycles. The van der Waals surface area contributed by atoms with E-state index in [4.69, 9.17) is 10.5 Å². The van der Waals surface area contributed by atoms with Crippen LogP contribution in [0.25, 0.3) is 0 Å². The standard InChI is InChI=1S/C14H14FNO2/c15-12-6-3-5-10(8-16)14(12)18-13-7-2-1-4-11(13)9-17/h1-7,17H,8-9,16H2. The van der Waals surface area contributed by atoms with Crippen LogP contribution in [0.2, 0.25) is 0 Å². The highest BCUT2D eigenvalue weighted by molar-refractivity contribution is 5.41. The van der Waals surface area contributed by atoms with Crippen molar-refractivity contribution in [3.8, 4) is 11.5 Å². The van der Waals surface area contributed by atoms with Crippen LogP contribution in [0.5, 0.6) is 11.5 Å². The number of aliphatic hydroxyl groups is 1. The van der Waals surface area contributed by atoms with Crippen molar-refractivity contribution in [1.29, 1.82) is 0 Å². The quantitative estimate of drug-likeness (QED) is 0.873. The Kier molecular flexibility index (Phi) is 3.92. The summed E-state index contributed by atoms with van der Waals surface area (Å²) in [5.41, 5.74) is 6.73. The van der Waals surface area contributed by atoms with E-state index in [1.54, 1.807) is 36.4 Å². The fourth-order valence-electron chi connectivity index (χ4n) is 1.67. The van der Waals surface area contributed by atoms with Crippen molar-refractivity contribution in [2.75, 3.05) is 0 Å². The van der Waals surface area contributed by atoms with Gasteiger partial charge in [-0.2, -0.15) is 0 Å². The van der Waals surface area contributed by atoms with Gasteiger partial charge in [0.25, 0.3) is 0 Å². The zero-order valence-corrected chi connectivity index (χ0v) is 9.77. The summed E-state index contributed by atoms with van der Waals surface area (Å²) >= 11 is 0. The van der Waals surface area contributed by atoms with Crippen molar-refractivity contribution in [2.24, 2.45) is 5.73 Å². The molecule has 2 aromatic carbocycles. The number of para-hydroxylation sites is 2. The van der Waals surface area contributed by atoms with E-state index in [0.29, 0.717) is 16.9 Å². The van der Waals surface area contributed by atoms with Gasteiger partial charge in [0, 0.05) is 17.7 Å². The van der Waals surface area contributed by atoms with Gasteiger partial charge in [-0.3, -0.25) is 0 Å². The molecule has 0 unspecified atom stereocenters. The van der Waals surface area contributed by atoms with Crippen molar-refractivity contribution in [2.45, 2.75) is 13.2 Å². The molecule has 94 valence electrons. The lowest BCUT2D eigenvalue weighted by atomic mass is 10.2. The van der Waals surface area contributed by atoms with Gasteiger partial charge in [-0.15, -0.1) is 0 Å². The summed E-state index contributed by atoms with van der Waals surface area (Å²) in [4.78, 5) is 0. The second kappa shape index (κ2) is 5.62. The van der Waals surface area contributed by atoms with Gasteiger partial charge in [0.1, 0.15) is 5.75 Å². The number of hydrogen-bond acceptors (Lipinski definition) is 3. The minimum Gasteiger partial charge on any atom is -0.454 e. The molecule has 3 nitrogen and oxygen atoms in total. The summed E-state index contributed by atoms with van der Waals surface area (Å²) in [7, 11) is 0. The molecular weight excluding hydrogens is 233 g/mol. The molecule has 0 fully saturated rings. The lowest BCUT2D eigenvalue weighted by molar-refractivity contribution is 0.276. The Morgan fingerprint density at radius 1 is 1.06 bits per heavy atom. The van der Waals surface area contributed by atoms with Gasteiger partial charge in [0.2, 0.25) is 0 Å². The van der Waals surface area contributed by atoms with E-state index in [2.05, 4.69) is 0 Å². The Labute approximate surface area is 105 Å². The van der Waals surface area contributed by atoms with Crippen molar-refractivity contribution >= 4 is 0 Å². The summed E-state index contributed by atoms with van der Waals surface area (Å²) in [5.74, 6) is 0.0754. The summed E-state index contributed by atoms with van der Waals surface area (Å²) in [6, 6.07) is 11.6. The van der Waals surface area contributed by atoms with Crippen LogP contribution in [0.1, 0.15) is 11.1 Å². The highest BCUT2D eigenvalue weighted by Gasteiger charge is 2.11. The number of benzene rings is 2. The highest BCUT2D eigenvalue weighted by Crippen LogP contribution is 2.30. The lowest BCUT2D eigenvalue weighted by Crippen LogP contribution is -2.02. The monoisotopic (exact) mass is 247 g/mol. The average Bonchev–Trinajstić information content (AvgIpc) is 2.41. The molecule has 18 heavy (non-hydrogen) atoms. The number of nitrogens with two attached hydrogens (primary N) is 1. The third kappa shape index (κ3) is 2.50. The van der Waals surface area contributed by atoms with Gasteiger partial charge in [-0.1, -0.05) is 30.3 Å². The van der Waals surface area contributed by atoms with E-state index in [0.717, 1.165) is 0 Å². The van der Waals surface area contributed by atoms with Gasteiger partial charge in [0.15, 0.2) is 11.6 Å². The largest absolute Gasteiger partial charge is 0.454 e. The Morgan fingerprint density at radius 2 is 1.78 bits per heavy atom. The van der Waals surface area contributed by atoms with Crippen LogP contribution in [-0.4, -0.2) is 5.11 Å². The fraction of sp³-hybridized carbons (Fsp3) is 0.143. The van der Waals surface area contributed by atoms with Crippen molar-refractivity contribution in [1.82, 2.24) is 0 Å². The molecule has 0 saturated carbocycles. The van der Waals surface area contributed by atoms with Crippen LogP contribution >= 0.6 is 0 Å². The molecule has 2 aromatic rings. The van der Waals surface area contributed by atoms with Crippen LogP contribution in [0, 0.1) is 5.82 Å². The second-order valence-electron chi connectivity index (χ2n) is 3.80. The second-order valence-corrected chi connectivity index (χ2v) is 3.80. The van der Waals surface area contributed by atoms with E-state index in [-0.39, 0.29) is 18.9 Å². The van der Waals surface area contributed by atoms with Crippen molar-refractivity contribution < 1.29 is 14.2 Å². The third-order valence-corrected chi connectivity index (χ3v) is 2.62. The fourth-order valence-corrected chi connectivity index (χ4v) is 1.67. The first kappa shape index (κ1) is 12.5. The minimum absolute atomic E-state index is 0.112. The number of ether oxygens (including phenoxy) is 1. The Morgan fingerprint density at radius 3 is 2.50 bits per heavy atom. The predicted molar refractivity (Wildman–Crippen MR) is 66.7 cm³/mol. The van der Waals surface area contributed by atoms with Gasteiger partial charge in [-0.25, -0.2) is 4.39 Å². The minimum atomic E-state index is -0.467. The number of aliphatic hydroxyl groups excluding tert-OH is 1. The zero-order valence-electron chi connectivity index (χ0n) is 9.77. The molecule has 0 spiro atoms. The van der Waals surface area contributed by atoms with Crippen molar-refractivity contribution in [3.63, 3.8) is 0 Å². The molecule has 4 heteroatoms. The first-order valence-electron chi connectivity index (χ1n) is 5.60. The molecule has 0 amide bonds. The van der Waals surface area contributed by atoms with Gasteiger partial charge in [0.05, 0.1) is 6.61 Å². The van der Waals surface area contributed by atoms with Gasteiger partial charge < -0.3 is 15.6 Å². The predicted octanol–water partition coefficient (Wildman–Crippen LogP) is 2.57. The van der Waals surface area contributed by atoms with Gasteiger partial charge in [-0.05, 0) is 12.1 Å². The maximum absolute atomic E-state index is 13.7. The van der Waals surface area contributed by atoms with E-state index < -0.39 is 5.82 Å².